The van der Waals surface area contributed by atoms with Gasteiger partial charge in [0.1, 0.15) is 5.82 Å². The van der Waals surface area contributed by atoms with Crippen LogP contribution in [0.1, 0.15) is 50.2 Å². The molecule has 0 bridgehead atoms. The number of ketones is 1. The normalized spacial score (nSPS) is 14.6. The molecular weight excluding hydrogens is 404 g/mol. The number of amides is 2. The molecule has 2 amide bonds. The van der Waals surface area contributed by atoms with Crippen LogP contribution in [0.4, 0.5) is 17.2 Å². The number of nitrogens with zero attached hydrogens (tertiary/aromatic N) is 2. The fraction of sp³-hybridized carbons (Fsp3) is 0.280. The monoisotopic (exact) mass is 430 g/mol. The first-order chi connectivity index (χ1) is 15.2. The maximum absolute atomic E-state index is 13.1. The number of anilines is 3. The molecule has 4 rings (SSSR count). The Balaban J connectivity index is 1.88. The summed E-state index contributed by atoms with van der Waals surface area (Å²) in [5.41, 5.74) is 4.41. The summed E-state index contributed by atoms with van der Waals surface area (Å²) in [5.74, 6) is -0.493. The number of Topliss-reactive ketones (excluding diaryl/α,β-unsaturated/α-hetero) is 1. The molecule has 7 heteroatoms. The smallest absolute Gasteiger partial charge is 0.231 e. The van der Waals surface area contributed by atoms with E-state index in [-0.39, 0.29) is 17.0 Å². The second kappa shape index (κ2) is 8.07. The number of para-hydroxylation sites is 1. The van der Waals surface area contributed by atoms with Crippen LogP contribution in [0.5, 0.6) is 0 Å². The highest BCUT2D eigenvalue weighted by Gasteiger charge is 2.36. The van der Waals surface area contributed by atoms with Crippen LogP contribution in [0, 0.1) is 5.41 Å². The number of aromatic nitrogens is 2. The minimum atomic E-state index is -0.410. The lowest BCUT2D eigenvalue weighted by Crippen LogP contribution is -2.33. The number of H-pyrrole nitrogens is 1. The fourth-order valence-corrected chi connectivity index (χ4v) is 4.30. The number of nitrogens with one attached hydrogen (secondary N) is 2. The Morgan fingerprint density at radius 1 is 1.06 bits per heavy atom. The Morgan fingerprint density at radius 2 is 1.75 bits per heavy atom. The molecule has 164 valence electrons. The first-order valence-electron chi connectivity index (χ1n) is 10.5. The van der Waals surface area contributed by atoms with E-state index in [2.05, 4.69) is 29.1 Å². The molecule has 7 nitrogen and oxygen atoms in total. The fourth-order valence-electron chi connectivity index (χ4n) is 4.30. The summed E-state index contributed by atoms with van der Waals surface area (Å²) >= 11 is 0. The van der Waals surface area contributed by atoms with Crippen LogP contribution in [-0.4, -0.2) is 27.6 Å². The van der Waals surface area contributed by atoms with Crippen molar-refractivity contribution in [2.45, 2.75) is 40.5 Å². The first-order valence-corrected chi connectivity index (χ1v) is 10.5. The number of hydrogen-bond donors (Lipinski definition) is 2. The Bertz CT molecular complexity index is 1200. The number of imide groups is 1. The standard InChI is InChI=1S/C25H26N4O3/c1-15(30)29(16(2)31)21-12-17(10-11-26-21)23-24(27-18-8-6-5-7-9-18)22-19(28-23)13-25(3,4)14-20(22)32/h5-12,27-28H,13-14H2,1-4H3. The third-order valence-corrected chi connectivity index (χ3v) is 5.59. The first kappa shape index (κ1) is 21.5. The molecule has 0 saturated heterocycles. The van der Waals surface area contributed by atoms with Gasteiger partial charge in [0.05, 0.1) is 16.9 Å². The van der Waals surface area contributed by atoms with E-state index < -0.39 is 11.8 Å². The summed E-state index contributed by atoms with van der Waals surface area (Å²) in [7, 11) is 0. The Kier molecular flexibility index (Phi) is 5.42. The van der Waals surface area contributed by atoms with E-state index in [4.69, 9.17) is 0 Å². The lowest BCUT2D eigenvalue weighted by molar-refractivity contribution is -0.124. The number of carbonyl (C=O) groups excluding carboxylic acids is 3. The second-order valence-electron chi connectivity index (χ2n) is 8.94. The van der Waals surface area contributed by atoms with Crippen LogP contribution < -0.4 is 10.2 Å². The van der Waals surface area contributed by atoms with Gasteiger partial charge in [-0.2, -0.15) is 0 Å². The van der Waals surface area contributed by atoms with Gasteiger partial charge in [-0.25, -0.2) is 9.88 Å². The van der Waals surface area contributed by atoms with Crippen molar-refractivity contribution in [3.8, 4) is 11.3 Å². The van der Waals surface area contributed by atoms with Gasteiger partial charge in [-0.1, -0.05) is 32.0 Å². The molecule has 2 heterocycles. The molecule has 2 aromatic heterocycles. The number of hydrogen-bond acceptors (Lipinski definition) is 5. The number of benzene rings is 1. The second-order valence-corrected chi connectivity index (χ2v) is 8.94. The van der Waals surface area contributed by atoms with Crippen LogP contribution in [0.15, 0.2) is 48.7 Å². The minimum Gasteiger partial charge on any atom is -0.356 e. The van der Waals surface area contributed by atoms with Gasteiger partial charge in [0.25, 0.3) is 0 Å². The number of pyridine rings is 1. The highest BCUT2D eigenvalue weighted by molar-refractivity contribution is 6.13. The van der Waals surface area contributed by atoms with Crippen molar-refractivity contribution in [2.75, 3.05) is 10.2 Å². The molecule has 0 unspecified atom stereocenters. The van der Waals surface area contributed by atoms with E-state index in [1.165, 1.54) is 13.8 Å². The number of rotatable bonds is 4. The van der Waals surface area contributed by atoms with Crippen molar-refractivity contribution in [1.82, 2.24) is 9.97 Å². The molecule has 1 aliphatic rings. The third-order valence-electron chi connectivity index (χ3n) is 5.59. The molecule has 0 spiro atoms. The van der Waals surface area contributed by atoms with Crippen LogP contribution in [0.25, 0.3) is 11.3 Å². The van der Waals surface area contributed by atoms with Crippen molar-refractivity contribution < 1.29 is 14.4 Å². The van der Waals surface area contributed by atoms with Crippen LogP contribution in [0.2, 0.25) is 0 Å². The van der Waals surface area contributed by atoms with Gasteiger partial charge in [0.2, 0.25) is 11.8 Å². The van der Waals surface area contributed by atoms with Gasteiger partial charge in [-0.15, -0.1) is 0 Å². The van der Waals surface area contributed by atoms with Crippen LogP contribution >= 0.6 is 0 Å². The largest absolute Gasteiger partial charge is 0.356 e. The van der Waals surface area contributed by atoms with E-state index in [1.807, 2.05) is 30.3 Å². The van der Waals surface area contributed by atoms with Gasteiger partial charge < -0.3 is 10.3 Å². The zero-order valence-corrected chi connectivity index (χ0v) is 18.7. The van der Waals surface area contributed by atoms with Crippen molar-refractivity contribution in [3.05, 3.63) is 59.9 Å². The zero-order chi connectivity index (χ0) is 23.0. The topological polar surface area (TPSA) is 95.2 Å². The highest BCUT2D eigenvalue weighted by Crippen LogP contribution is 2.43. The van der Waals surface area contributed by atoms with E-state index in [0.29, 0.717) is 17.7 Å². The van der Waals surface area contributed by atoms with E-state index >= 15 is 0 Å². The molecule has 0 fully saturated rings. The van der Waals surface area contributed by atoms with E-state index in [0.717, 1.165) is 34.0 Å². The van der Waals surface area contributed by atoms with Crippen molar-refractivity contribution in [2.24, 2.45) is 5.41 Å². The zero-order valence-electron chi connectivity index (χ0n) is 18.7. The minimum absolute atomic E-state index is 0.0839. The lowest BCUT2D eigenvalue weighted by atomic mass is 9.76. The van der Waals surface area contributed by atoms with Crippen molar-refractivity contribution in [1.29, 1.82) is 0 Å². The summed E-state index contributed by atoms with van der Waals surface area (Å²) in [6.45, 7) is 6.82. The molecule has 32 heavy (non-hydrogen) atoms. The Morgan fingerprint density at radius 3 is 2.41 bits per heavy atom. The number of aromatic amines is 1. The molecule has 1 aliphatic carbocycles. The molecule has 1 aromatic carbocycles. The average molecular weight is 431 g/mol. The van der Waals surface area contributed by atoms with Crippen molar-refractivity contribution >= 4 is 34.8 Å². The van der Waals surface area contributed by atoms with Crippen molar-refractivity contribution in [3.63, 3.8) is 0 Å². The molecule has 0 aliphatic heterocycles. The van der Waals surface area contributed by atoms with E-state index in [9.17, 15) is 14.4 Å². The Hall–Kier alpha value is -3.74. The predicted octanol–water partition coefficient (Wildman–Crippen LogP) is 4.87. The van der Waals surface area contributed by atoms with Gasteiger partial charge >= 0.3 is 0 Å². The predicted molar refractivity (Wildman–Crippen MR) is 124 cm³/mol. The maximum Gasteiger partial charge on any atom is 0.231 e. The van der Waals surface area contributed by atoms with Crippen LogP contribution in [0.3, 0.4) is 0 Å². The molecule has 0 atom stereocenters. The summed E-state index contributed by atoms with van der Waals surface area (Å²) < 4.78 is 0. The molecule has 3 aromatic rings. The molecular formula is C25H26N4O3. The molecule has 2 N–H and O–H groups in total. The molecule has 0 saturated carbocycles. The lowest BCUT2D eigenvalue weighted by Gasteiger charge is -2.28. The SMILES string of the molecule is CC(=O)N(C(C)=O)c1cc(-c2[nH]c3c(c2Nc2ccccc2)C(=O)CC(C)(C)C3)ccn1. The Labute approximate surface area is 186 Å². The summed E-state index contributed by atoms with van der Waals surface area (Å²) in [4.78, 5) is 45.9. The van der Waals surface area contributed by atoms with Gasteiger partial charge in [0.15, 0.2) is 5.78 Å². The van der Waals surface area contributed by atoms with Gasteiger partial charge in [-0.05, 0) is 36.1 Å². The average Bonchev–Trinajstić information content (AvgIpc) is 3.05. The van der Waals surface area contributed by atoms with Gasteiger partial charge in [-0.3, -0.25) is 14.4 Å². The highest BCUT2D eigenvalue weighted by atomic mass is 16.2. The number of carbonyl (C=O) groups is 3. The molecule has 0 radical (unpaired) electrons. The third kappa shape index (κ3) is 4.06. The summed E-state index contributed by atoms with van der Waals surface area (Å²) in [6.07, 6.45) is 2.76. The maximum atomic E-state index is 13.1. The summed E-state index contributed by atoms with van der Waals surface area (Å²) in [6, 6.07) is 13.1. The van der Waals surface area contributed by atoms with Gasteiger partial charge in [0, 0.05) is 43.4 Å². The van der Waals surface area contributed by atoms with Crippen LogP contribution in [-0.2, 0) is 16.0 Å². The number of fused-ring (bicyclic) bond motifs is 1. The summed E-state index contributed by atoms with van der Waals surface area (Å²) in [5, 5.41) is 3.41. The van der Waals surface area contributed by atoms with E-state index in [1.54, 1.807) is 18.3 Å². The quantitative estimate of drug-likeness (QED) is 0.615.